The number of rotatable bonds is 2. The molecule has 0 bridgehead atoms. The fourth-order valence-electron chi connectivity index (χ4n) is 1.23. The Labute approximate surface area is 74.1 Å². The molecule has 1 aliphatic rings. The molecule has 1 fully saturated rings. The van der Waals surface area contributed by atoms with Crippen LogP contribution in [-0.2, 0) is 5.33 Å². The molecule has 11 heavy (non-hydrogen) atoms. The molecule has 60 valence electrons. The molecule has 0 unspecified atom stereocenters. The molecular formula is C8H10BrNO. The van der Waals surface area contributed by atoms with E-state index >= 15 is 0 Å². The Bertz CT molecular complexity index is 242. The number of oxazole rings is 1. The van der Waals surface area contributed by atoms with Crippen LogP contribution in [0.15, 0.2) is 10.7 Å². The Morgan fingerprint density at radius 1 is 1.64 bits per heavy atom. The van der Waals surface area contributed by atoms with E-state index in [0.29, 0.717) is 5.92 Å². The SMILES string of the molecule is BrCc1coc(C2CCC2)n1. The van der Waals surface area contributed by atoms with Crippen LogP contribution in [0, 0.1) is 0 Å². The van der Waals surface area contributed by atoms with E-state index in [1.165, 1.54) is 19.3 Å². The van der Waals surface area contributed by atoms with E-state index in [9.17, 15) is 0 Å². The number of hydrogen-bond donors (Lipinski definition) is 0. The second kappa shape index (κ2) is 2.97. The summed E-state index contributed by atoms with van der Waals surface area (Å²) in [7, 11) is 0. The maximum Gasteiger partial charge on any atom is 0.197 e. The van der Waals surface area contributed by atoms with Gasteiger partial charge >= 0.3 is 0 Å². The number of alkyl halides is 1. The lowest BCUT2D eigenvalue weighted by Gasteiger charge is -2.21. The van der Waals surface area contributed by atoms with Crippen LogP contribution in [0.3, 0.4) is 0 Å². The van der Waals surface area contributed by atoms with Gasteiger partial charge in [0.05, 0.1) is 5.69 Å². The lowest BCUT2D eigenvalue weighted by Crippen LogP contribution is -2.08. The van der Waals surface area contributed by atoms with Gasteiger partial charge in [-0.25, -0.2) is 4.98 Å². The van der Waals surface area contributed by atoms with E-state index in [-0.39, 0.29) is 0 Å². The largest absolute Gasteiger partial charge is 0.448 e. The Balaban J connectivity index is 2.11. The molecule has 0 spiro atoms. The van der Waals surface area contributed by atoms with Crippen molar-refractivity contribution < 1.29 is 4.42 Å². The molecular weight excluding hydrogens is 206 g/mol. The van der Waals surface area contributed by atoms with Crippen molar-refractivity contribution in [1.82, 2.24) is 4.98 Å². The van der Waals surface area contributed by atoms with Crippen LogP contribution in [0.2, 0.25) is 0 Å². The maximum atomic E-state index is 5.32. The van der Waals surface area contributed by atoms with E-state index in [4.69, 9.17) is 4.42 Å². The van der Waals surface area contributed by atoms with Gasteiger partial charge in [0.2, 0.25) is 0 Å². The van der Waals surface area contributed by atoms with Crippen molar-refractivity contribution in [3.05, 3.63) is 17.8 Å². The van der Waals surface area contributed by atoms with E-state index in [0.717, 1.165) is 16.9 Å². The van der Waals surface area contributed by atoms with Crippen molar-refractivity contribution in [2.45, 2.75) is 30.5 Å². The maximum absolute atomic E-state index is 5.32. The first kappa shape index (κ1) is 7.35. The van der Waals surface area contributed by atoms with Gasteiger partial charge in [0.1, 0.15) is 6.26 Å². The van der Waals surface area contributed by atoms with Crippen LogP contribution in [-0.4, -0.2) is 4.98 Å². The molecule has 0 aromatic carbocycles. The highest BCUT2D eigenvalue weighted by atomic mass is 79.9. The average molecular weight is 216 g/mol. The molecule has 2 nitrogen and oxygen atoms in total. The summed E-state index contributed by atoms with van der Waals surface area (Å²) < 4.78 is 5.32. The van der Waals surface area contributed by atoms with E-state index in [2.05, 4.69) is 20.9 Å². The normalized spacial score (nSPS) is 18.3. The summed E-state index contributed by atoms with van der Waals surface area (Å²) in [4.78, 5) is 4.34. The zero-order valence-electron chi connectivity index (χ0n) is 6.22. The number of hydrogen-bond acceptors (Lipinski definition) is 2. The minimum atomic E-state index is 0.614. The fourth-order valence-corrected chi connectivity index (χ4v) is 1.48. The molecule has 2 rings (SSSR count). The summed E-state index contributed by atoms with van der Waals surface area (Å²) in [5.74, 6) is 1.55. The summed E-state index contributed by atoms with van der Waals surface area (Å²) in [6.07, 6.45) is 5.57. The van der Waals surface area contributed by atoms with Crippen LogP contribution >= 0.6 is 15.9 Å². The Hall–Kier alpha value is -0.310. The summed E-state index contributed by atoms with van der Waals surface area (Å²) in [5.41, 5.74) is 1.01. The van der Waals surface area contributed by atoms with Crippen LogP contribution in [0.5, 0.6) is 0 Å². The van der Waals surface area contributed by atoms with E-state index in [1.54, 1.807) is 6.26 Å². The number of aromatic nitrogens is 1. The first-order chi connectivity index (χ1) is 5.40. The van der Waals surface area contributed by atoms with Gasteiger partial charge in [0.25, 0.3) is 0 Å². The fraction of sp³-hybridized carbons (Fsp3) is 0.625. The highest BCUT2D eigenvalue weighted by Gasteiger charge is 2.23. The first-order valence-electron chi connectivity index (χ1n) is 3.90. The number of halogens is 1. The third-order valence-corrected chi connectivity index (χ3v) is 2.74. The summed E-state index contributed by atoms with van der Waals surface area (Å²) >= 11 is 3.34. The van der Waals surface area contributed by atoms with Gasteiger partial charge in [0, 0.05) is 11.2 Å². The third-order valence-electron chi connectivity index (χ3n) is 2.16. The van der Waals surface area contributed by atoms with Gasteiger partial charge in [-0.2, -0.15) is 0 Å². The van der Waals surface area contributed by atoms with Crippen molar-refractivity contribution in [2.24, 2.45) is 0 Å². The zero-order chi connectivity index (χ0) is 7.68. The van der Waals surface area contributed by atoms with Gasteiger partial charge in [-0.15, -0.1) is 0 Å². The Morgan fingerprint density at radius 2 is 2.45 bits per heavy atom. The minimum Gasteiger partial charge on any atom is -0.448 e. The van der Waals surface area contributed by atoms with Crippen LogP contribution in [0.1, 0.15) is 36.8 Å². The predicted molar refractivity (Wildman–Crippen MR) is 45.7 cm³/mol. The summed E-state index contributed by atoms with van der Waals surface area (Å²) in [5, 5.41) is 0.795. The lowest BCUT2D eigenvalue weighted by molar-refractivity contribution is 0.335. The standard InChI is InChI=1S/C8H10BrNO/c9-4-7-5-11-8(10-7)6-2-1-3-6/h5-6H,1-4H2. The van der Waals surface area contributed by atoms with Crippen LogP contribution < -0.4 is 0 Å². The smallest absolute Gasteiger partial charge is 0.197 e. The molecule has 0 saturated heterocycles. The molecule has 0 amide bonds. The molecule has 1 aromatic rings. The monoisotopic (exact) mass is 215 g/mol. The van der Waals surface area contributed by atoms with E-state index in [1.807, 2.05) is 0 Å². The second-order valence-corrected chi connectivity index (χ2v) is 3.50. The van der Waals surface area contributed by atoms with E-state index < -0.39 is 0 Å². The molecule has 3 heteroatoms. The molecule has 1 aliphatic carbocycles. The van der Waals surface area contributed by atoms with Gasteiger partial charge in [-0.3, -0.25) is 0 Å². The predicted octanol–water partition coefficient (Wildman–Crippen LogP) is 2.84. The first-order valence-corrected chi connectivity index (χ1v) is 5.02. The Morgan fingerprint density at radius 3 is 2.91 bits per heavy atom. The molecule has 1 aromatic heterocycles. The van der Waals surface area contributed by atoms with Crippen LogP contribution in [0.25, 0.3) is 0 Å². The van der Waals surface area contributed by atoms with Crippen molar-refractivity contribution in [3.8, 4) is 0 Å². The quantitative estimate of drug-likeness (QED) is 0.710. The molecule has 0 aliphatic heterocycles. The highest BCUT2D eigenvalue weighted by molar-refractivity contribution is 9.08. The Kier molecular flexibility index (Phi) is 1.98. The van der Waals surface area contributed by atoms with Crippen molar-refractivity contribution in [3.63, 3.8) is 0 Å². The molecule has 0 N–H and O–H groups in total. The second-order valence-electron chi connectivity index (χ2n) is 2.94. The van der Waals surface area contributed by atoms with Gasteiger partial charge < -0.3 is 4.42 Å². The van der Waals surface area contributed by atoms with Gasteiger partial charge in [-0.1, -0.05) is 22.4 Å². The minimum absolute atomic E-state index is 0.614. The number of nitrogens with zero attached hydrogens (tertiary/aromatic N) is 1. The molecule has 1 heterocycles. The molecule has 0 atom stereocenters. The summed E-state index contributed by atoms with van der Waals surface area (Å²) in [6, 6.07) is 0. The molecule has 1 saturated carbocycles. The molecule has 0 radical (unpaired) electrons. The zero-order valence-corrected chi connectivity index (χ0v) is 7.80. The van der Waals surface area contributed by atoms with Gasteiger partial charge in [-0.05, 0) is 12.8 Å². The van der Waals surface area contributed by atoms with Crippen molar-refractivity contribution >= 4 is 15.9 Å². The lowest BCUT2D eigenvalue weighted by atomic mass is 9.85. The van der Waals surface area contributed by atoms with Crippen LogP contribution in [0.4, 0.5) is 0 Å². The topological polar surface area (TPSA) is 26.0 Å². The highest BCUT2D eigenvalue weighted by Crippen LogP contribution is 2.35. The third kappa shape index (κ3) is 1.34. The van der Waals surface area contributed by atoms with Crippen molar-refractivity contribution in [2.75, 3.05) is 0 Å². The van der Waals surface area contributed by atoms with Crippen molar-refractivity contribution in [1.29, 1.82) is 0 Å². The summed E-state index contributed by atoms with van der Waals surface area (Å²) in [6.45, 7) is 0. The average Bonchev–Trinajstić information content (AvgIpc) is 2.32. The van der Waals surface area contributed by atoms with Gasteiger partial charge in [0.15, 0.2) is 5.89 Å².